The fourth-order valence-corrected chi connectivity index (χ4v) is 10.4. The molecule has 340 valence electrons. The average Bonchev–Trinajstić information content (AvgIpc) is 4.12. The first-order valence-corrected chi connectivity index (χ1v) is 23.8. The summed E-state index contributed by atoms with van der Waals surface area (Å²) in [6.07, 6.45) is 0. The van der Waals surface area contributed by atoms with Crippen molar-refractivity contribution in [3.63, 3.8) is 0 Å². The summed E-state index contributed by atoms with van der Waals surface area (Å²) in [7, 11) is 2.73. The molecule has 7 aromatic carbocycles. The van der Waals surface area contributed by atoms with Crippen LogP contribution in [0, 0.1) is 6.92 Å². The van der Waals surface area contributed by atoms with Crippen LogP contribution in [0.4, 0.5) is 0 Å². The van der Waals surface area contributed by atoms with Crippen LogP contribution in [-0.2, 0) is 41.8 Å². The van der Waals surface area contributed by atoms with Gasteiger partial charge in [-0.25, -0.2) is 9.59 Å². The summed E-state index contributed by atoms with van der Waals surface area (Å²) < 4.78 is 20.7. The number of ether oxygens (including phenoxy) is 4. The zero-order valence-corrected chi connectivity index (χ0v) is 39.5. The van der Waals surface area contributed by atoms with Gasteiger partial charge in [0, 0.05) is 9.75 Å². The molecule has 10 heteroatoms. The molecule has 0 N–H and O–H groups in total. The smallest absolute Gasteiger partial charge is 0.337 e. The van der Waals surface area contributed by atoms with Crippen molar-refractivity contribution < 1.29 is 38.1 Å². The summed E-state index contributed by atoms with van der Waals surface area (Å²) in [6, 6.07) is 54.5. The van der Waals surface area contributed by atoms with E-state index in [-0.39, 0.29) is 13.2 Å². The number of methoxy groups -OCH3 is 2. The highest BCUT2D eigenvalue weighted by Gasteiger charge is 2.30. The quantitative estimate of drug-likeness (QED) is 0.0536. The minimum atomic E-state index is -0.456. The molecule has 8 nitrogen and oxygen atoms in total. The minimum absolute atomic E-state index is 0.109. The molecule has 2 heterocycles. The lowest BCUT2D eigenvalue weighted by atomic mass is 9.74. The van der Waals surface area contributed by atoms with E-state index in [0.29, 0.717) is 24.1 Å². The van der Waals surface area contributed by atoms with Crippen molar-refractivity contribution >= 4 is 47.6 Å². The maximum absolute atomic E-state index is 13.0. The van der Waals surface area contributed by atoms with Crippen LogP contribution in [0.1, 0.15) is 37.4 Å². The van der Waals surface area contributed by atoms with E-state index in [0.717, 1.165) is 93.9 Å². The van der Waals surface area contributed by atoms with Crippen LogP contribution in [0.5, 0.6) is 0 Å². The molecule has 69 heavy (non-hydrogen) atoms. The Bertz CT molecular complexity index is 3260. The van der Waals surface area contributed by atoms with Gasteiger partial charge in [0.1, 0.15) is 13.2 Å². The van der Waals surface area contributed by atoms with E-state index in [2.05, 4.69) is 103 Å². The Kier molecular flexibility index (Phi) is 13.8. The van der Waals surface area contributed by atoms with E-state index in [9.17, 15) is 19.2 Å². The van der Waals surface area contributed by atoms with Crippen LogP contribution in [0.2, 0.25) is 0 Å². The van der Waals surface area contributed by atoms with Crippen LogP contribution >= 0.6 is 22.7 Å². The molecule has 0 unspecified atom stereocenters. The van der Waals surface area contributed by atoms with Gasteiger partial charge in [-0.2, -0.15) is 0 Å². The van der Waals surface area contributed by atoms with Crippen molar-refractivity contribution in [2.45, 2.75) is 20.1 Å². The number of hydrogen-bond acceptors (Lipinski definition) is 10. The Morgan fingerprint density at radius 1 is 0.420 bits per heavy atom. The molecule has 2 aromatic heterocycles. The van der Waals surface area contributed by atoms with E-state index in [4.69, 9.17) is 18.9 Å². The number of thiophene rings is 2. The van der Waals surface area contributed by atoms with E-state index in [1.54, 1.807) is 46.9 Å². The number of carbonyl (C=O) groups is 4. The first kappa shape index (κ1) is 46.0. The lowest BCUT2D eigenvalue weighted by molar-refractivity contribution is -0.130. The van der Waals surface area contributed by atoms with Crippen LogP contribution in [0.15, 0.2) is 175 Å². The number of aryl methyl sites for hydroxylation is 1. The molecule has 0 spiro atoms. The van der Waals surface area contributed by atoms with Crippen molar-refractivity contribution in [2.75, 3.05) is 14.2 Å². The number of benzene rings is 7. The molecule has 0 saturated carbocycles. The predicted octanol–water partition coefficient (Wildman–Crippen LogP) is 14.4. The van der Waals surface area contributed by atoms with Gasteiger partial charge >= 0.3 is 11.9 Å². The normalized spacial score (nSPS) is 10.9. The fourth-order valence-electron chi connectivity index (χ4n) is 8.76. The topological polar surface area (TPSA) is 105 Å². The molecule has 0 aliphatic rings. The molecule has 0 saturated heterocycles. The summed E-state index contributed by atoms with van der Waals surface area (Å²) in [5, 5.41) is 4.16. The molecule has 0 bridgehead atoms. The first-order chi connectivity index (χ1) is 33.8. The highest BCUT2D eigenvalue weighted by atomic mass is 32.1. The summed E-state index contributed by atoms with van der Waals surface area (Å²) in [4.78, 5) is 50.8. The Labute approximate surface area is 408 Å². The Morgan fingerprint density at radius 2 is 0.768 bits per heavy atom. The van der Waals surface area contributed by atoms with Crippen molar-refractivity contribution in [1.82, 2.24) is 0 Å². The van der Waals surface area contributed by atoms with Gasteiger partial charge in [-0.1, -0.05) is 127 Å². The van der Waals surface area contributed by atoms with E-state index < -0.39 is 11.9 Å². The summed E-state index contributed by atoms with van der Waals surface area (Å²) >= 11 is 3.37. The van der Waals surface area contributed by atoms with Crippen LogP contribution in [-0.4, -0.2) is 39.1 Å². The zero-order chi connectivity index (χ0) is 47.9. The highest BCUT2D eigenvalue weighted by molar-refractivity contribution is 7.14. The van der Waals surface area contributed by atoms with Gasteiger partial charge < -0.3 is 18.9 Å². The van der Waals surface area contributed by atoms with E-state index >= 15 is 0 Å². The van der Waals surface area contributed by atoms with Crippen molar-refractivity contribution in [2.24, 2.45) is 0 Å². The molecular formula is C59H44O8S2. The summed E-state index contributed by atoms with van der Waals surface area (Å²) in [5.41, 5.74) is 16.4. The second-order valence-electron chi connectivity index (χ2n) is 16.2. The van der Waals surface area contributed by atoms with Crippen LogP contribution in [0.3, 0.4) is 0 Å². The first-order valence-electron chi connectivity index (χ1n) is 22.0. The highest BCUT2D eigenvalue weighted by Crippen LogP contribution is 2.56. The molecule has 9 rings (SSSR count). The second kappa shape index (κ2) is 20.8. The third-order valence-corrected chi connectivity index (χ3v) is 14.1. The molecule has 0 aliphatic carbocycles. The largest absolute Gasteiger partial charge is 0.465 e. The summed E-state index contributed by atoms with van der Waals surface area (Å²) in [5.74, 6) is -0.911. The third kappa shape index (κ3) is 9.54. The van der Waals surface area contributed by atoms with Crippen LogP contribution < -0.4 is 0 Å². The van der Waals surface area contributed by atoms with Crippen LogP contribution in [0.25, 0.3) is 87.6 Å². The van der Waals surface area contributed by atoms with Gasteiger partial charge in [0.15, 0.2) is 0 Å². The number of hydrogen-bond donors (Lipinski definition) is 0. The minimum Gasteiger partial charge on any atom is -0.465 e. The van der Waals surface area contributed by atoms with Crippen molar-refractivity contribution in [1.29, 1.82) is 0 Å². The van der Waals surface area contributed by atoms with Crippen molar-refractivity contribution in [3.05, 3.63) is 202 Å². The standard InChI is InChI=1S/C59H44O8S2/c1-37-30-32-69-57(37)47-24-18-44(19-25-47)54-52(42-12-8-39(9-13-42)34-67-36-61)51(41-10-6-38(7-11-41)33-66-35-60)53(43-16-14-40(15-17-43)50-5-4-31-68-50)55(45-20-26-48(27-21-45)58(62)64-2)56(54)46-22-28-49(29-23-46)59(63)65-3/h4-32,35-36H,33-34H2,1-3H3. The average molecular weight is 945 g/mol. The summed E-state index contributed by atoms with van der Waals surface area (Å²) in [6.45, 7) is 3.22. The lowest BCUT2D eigenvalue weighted by Crippen LogP contribution is -2.04. The van der Waals surface area contributed by atoms with E-state index in [1.807, 2.05) is 54.6 Å². The molecular weight excluding hydrogens is 901 g/mol. The van der Waals surface area contributed by atoms with Gasteiger partial charge in [-0.3, -0.25) is 9.59 Å². The van der Waals surface area contributed by atoms with Gasteiger partial charge in [0.2, 0.25) is 0 Å². The van der Waals surface area contributed by atoms with Crippen molar-refractivity contribution in [3.8, 4) is 87.6 Å². The molecule has 0 atom stereocenters. The fraction of sp³-hybridized carbons (Fsp3) is 0.0847. The molecule has 0 radical (unpaired) electrons. The predicted molar refractivity (Wildman–Crippen MR) is 275 cm³/mol. The van der Waals surface area contributed by atoms with Gasteiger partial charge in [-0.15, -0.1) is 22.7 Å². The number of esters is 2. The zero-order valence-electron chi connectivity index (χ0n) is 37.9. The SMILES string of the molecule is COC(=O)c1ccc(-c2c(-c3ccc(C(=O)OC)cc3)c(-c3ccc(-c4sccc4C)cc3)c(-c3ccc(COC=O)cc3)c(-c3ccc(COC=O)cc3)c2-c2ccc(-c3cccs3)cc2)cc1. The number of carbonyl (C=O) groups excluding carboxylic acids is 4. The third-order valence-electron chi connectivity index (χ3n) is 12.1. The Morgan fingerprint density at radius 3 is 1.09 bits per heavy atom. The maximum Gasteiger partial charge on any atom is 0.337 e. The van der Waals surface area contributed by atoms with Gasteiger partial charge in [-0.05, 0) is 149 Å². The van der Waals surface area contributed by atoms with Gasteiger partial charge in [0.05, 0.1) is 25.3 Å². The monoisotopic (exact) mass is 944 g/mol. The second-order valence-corrected chi connectivity index (χ2v) is 18.0. The molecule has 9 aromatic rings. The molecule has 0 fully saturated rings. The lowest BCUT2D eigenvalue weighted by Gasteiger charge is -2.29. The van der Waals surface area contributed by atoms with E-state index in [1.165, 1.54) is 24.7 Å². The Balaban J connectivity index is 1.48. The number of rotatable bonds is 16. The van der Waals surface area contributed by atoms with Gasteiger partial charge in [0.25, 0.3) is 12.9 Å². The molecule has 0 amide bonds. The Hall–Kier alpha value is -8.18. The molecule has 0 aliphatic heterocycles. The maximum atomic E-state index is 13.0.